The number of nitrogens with zero attached hydrogens (tertiary/aromatic N) is 1. The number of carbonyl (C=O) groups is 2. The number of imide groups is 1. The molecule has 174 valence electrons. The number of para-hydroxylation sites is 1. The molecule has 1 aliphatic heterocycles. The van der Waals surface area contributed by atoms with Crippen LogP contribution in [0.25, 0.3) is 6.08 Å². The van der Waals surface area contributed by atoms with Gasteiger partial charge in [0, 0.05) is 21.2 Å². The molecule has 1 fully saturated rings. The van der Waals surface area contributed by atoms with Crippen LogP contribution in [0.4, 0.5) is 4.79 Å². The Kier molecular flexibility index (Phi) is 7.51. The maximum Gasteiger partial charge on any atom is 0.293 e. The van der Waals surface area contributed by atoms with Gasteiger partial charge >= 0.3 is 0 Å². The molecule has 5 nitrogen and oxygen atoms in total. The second-order valence-corrected chi connectivity index (χ2v) is 9.50. The number of hydrogen-bond donors (Lipinski definition) is 0. The zero-order chi connectivity index (χ0) is 24.2. The van der Waals surface area contributed by atoms with Crippen molar-refractivity contribution in [2.24, 2.45) is 0 Å². The summed E-state index contributed by atoms with van der Waals surface area (Å²) >= 11 is 13.2. The van der Waals surface area contributed by atoms with Gasteiger partial charge in [-0.2, -0.15) is 0 Å². The van der Waals surface area contributed by atoms with Crippen LogP contribution in [-0.2, 0) is 17.9 Å². The fourth-order valence-corrected chi connectivity index (χ4v) is 4.81. The van der Waals surface area contributed by atoms with Crippen LogP contribution in [0.5, 0.6) is 11.5 Å². The van der Waals surface area contributed by atoms with Gasteiger partial charge in [-0.3, -0.25) is 14.5 Å². The lowest BCUT2D eigenvalue weighted by Gasteiger charge is -2.15. The van der Waals surface area contributed by atoms with Gasteiger partial charge in [-0.1, -0.05) is 71.2 Å². The van der Waals surface area contributed by atoms with E-state index in [4.69, 9.17) is 32.7 Å². The van der Waals surface area contributed by atoms with Gasteiger partial charge in [0.25, 0.3) is 11.1 Å². The molecule has 0 aromatic heterocycles. The topological polar surface area (TPSA) is 55.8 Å². The standard InChI is InChI=1S/C26H21Cl2NO4S/c1-16-5-3-6-17(11-16)14-29-25(30)23(34-26(29)31)12-18-7-4-8-22(32-2)24(18)33-15-19-9-10-20(27)13-21(19)28/h3-13H,14-15H2,1-2H3/b23-12+. The molecule has 3 aromatic carbocycles. The molecule has 0 atom stereocenters. The molecule has 0 bridgehead atoms. The molecule has 0 aliphatic carbocycles. The fraction of sp³-hybridized carbons (Fsp3) is 0.154. The zero-order valence-corrected chi connectivity index (χ0v) is 20.8. The highest BCUT2D eigenvalue weighted by Gasteiger charge is 2.35. The van der Waals surface area contributed by atoms with Crippen LogP contribution >= 0.6 is 35.0 Å². The summed E-state index contributed by atoms with van der Waals surface area (Å²) in [4.78, 5) is 27.2. The molecule has 1 saturated heterocycles. The van der Waals surface area contributed by atoms with Crippen LogP contribution in [0, 0.1) is 6.92 Å². The van der Waals surface area contributed by atoms with Crippen molar-refractivity contribution >= 4 is 52.2 Å². The second-order valence-electron chi connectivity index (χ2n) is 7.66. The fourth-order valence-electron chi connectivity index (χ4n) is 3.52. The number of halogens is 2. The quantitative estimate of drug-likeness (QED) is 0.314. The van der Waals surface area contributed by atoms with Gasteiger partial charge in [0.15, 0.2) is 11.5 Å². The molecule has 0 saturated carbocycles. The van der Waals surface area contributed by atoms with Gasteiger partial charge in [0.05, 0.1) is 18.6 Å². The average Bonchev–Trinajstić information content (AvgIpc) is 3.06. The van der Waals surface area contributed by atoms with E-state index in [9.17, 15) is 9.59 Å². The number of methoxy groups -OCH3 is 1. The largest absolute Gasteiger partial charge is 0.493 e. The first-order valence-corrected chi connectivity index (χ1v) is 12.0. The highest BCUT2D eigenvalue weighted by atomic mass is 35.5. The Hall–Kier alpha value is -2.93. The van der Waals surface area contributed by atoms with Gasteiger partial charge in [0.2, 0.25) is 0 Å². The lowest BCUT2D eigenvalue weighted by Crippen LogP contribution is -2.27. The summed E-state index contributed by atoms with van der Waals surface area (Å²) in [6, 6.07) is 18.3. The SMILES string of the molecule is COc1cccc(/C=C2/SC(=O)N(Cc3cccc(C)c3)C2=O)c1OCc1ccc(Cl)cc1Cl. The summed E-state index contributed by atoms with van der Waals surface area (Å²) in [5.41, 5.74) is 3.33. The maximum atomic E-state index is 13.0. The van der Waals surface area contributed by atoms with E-state index >= 15 is 0 Å². The van der Waals surface area contributed by atoms with E-state index in [-0.39, 0.29) is 24.3 Å². The lowest BCUT2D eigenvalue weighted by molar-refractivity contribution is -0.123. The van der Waals surface area contributed by atoms with Crippen LogP contribution in [0.15, 0.2) is 65.6 Å². The highest BCUT2D eigenvalue weighted by molar-refractivity contribution is 8.18. The molecule has 0 spiro atoms. The van der Waals surface area contributed by atoms with Crippen LogP contribution in [0.1, 0.15) is 22.3 Å². The third kappa shape index (κ3) is 5.41. The summed E-state index contributed by atoms with van der Waals surface area (Å²) < 4.78 is 11.5. The van der Waals surface area contributed by atoms with Gasteiger partial charge in [-0.25, -0.2) is 0 Å². The van der Waals surface area contributed by atoms with Crippen molar-refractivity contribution in [1.82, 2.24) is 4.90 Å². The number of aryl methyl sites for hydroxylation is 1. The Bertz CT molecular complexity index is 1290. The molecule has 3 aromatic rings. The van der Waals surface area contributed by atoms with Crippen molar-refractivity contribution in [1.29, 1.82) is 0 Å². The predicted octanol–water partition coefficient (Wildman–Crippen LogP) is 7.13. The first-order chi connectivity index (χ1) is 16.4. The van der Waals surface area contributed by atoms with E-state index in [2.05, 4.69) is 0 Å². The van der Waals surface area contributed by atoms with Crippen LogP contribution in [0.2, 0.25) is 10.0 Å². The molecule has 8 heteroatoms. The third-order valence-electron chi connectivity index (χ3n) is 5.20. The molecule has 1 aliphatic rings. The smallest absolute Gasteiger partial charge is 0.293 e. The van der Waals surface area contributed by atoms with Gasteiger partial charge in [0.1, 0.15) is 6.61 Å². The van der Waals surface area contributed by atoms with Crippen LogP contribution < -0.4 is 9.47 Å². The van der Waals surface area contributed by atoms with E-state index < -0.39 is 0 Å². The Morgan fingerprint density at radius 2 is 1.82 bits per heavy atom. The number of amides is 2. The molecule has 1 heterocycles. The van der Waals surface area contributed by atoms with Gasteiger partial charge in [-0.05, 0) is 48.5 Å². The molecule has 0 unspecified atom stereocenters. The normalized spacial score (nSPS) is 14.7. The molecule has 34 heavy (non-hydrogen) atoms. The van der Waals surface area contributed by atoms with E-state index in [0.717, 1.165) is 28.5 Å². The summed E-state index contributed by atoms with van der Waals surface area (Å²) in [6.07, 6.45) is 1.66. The van der Waals surface area contributed by atoms with E-state index in [1.54, 1.807) is 42.5 Å². The van der Waals surface area contributed by atoms with Crippen molar-refractivity contribution < 1.29 is 19.1 Å². The van der Waals surface area contributed by atoms with Crippen molar-refractivity contribution in [3.63, 3.8) is 0 Å². The molecule has 0 N–H and O–H groups in total. The van der Waals surface area contributed by atoms with Crippen molar-refractivity contribution in [3.05, 3.63) is 97.9 Å². The summed E-state index contributed by atoms with van der Waals surface area (Å²) in [7, 11) is 1.54. The van der Waals surface area contributed by atoms with Gasteiger partial charge in [-0.15, -0.1) is 0 Å². The second kappa shape index (κ2) is 10.6. The third-order valence-corrected chi connectivity index (χ3v) is 6.69. The Balaban J connectivity index is 1.59. The Morgan fingerprint density at radius 1 is 1.03 bits per heavy atom. The molecule has 4 rings (SSSR count). The monoisotopic (exact) mass is 513 g/mol. The van der Waals surface area contributed by atoms with Crippen LogP contribution in [-0.4, -0.2) is 23.2 Å². The first-order valence-electron chi connectivity index (χ1n) is 10.4. The number of carbonyl (C=O) groups excluding carboxylic acids is 2. The minimum absolute atomic E-state index is 0.173. The maximum absolute atomic E-state index is 13.0. The molecule has 0 radical (unpaired) electrons. The van der Waals surface area contributed by atoms with Crippen molar-refractivity contribution in [2.45, 2.75) is 20.1 Å². The molecular weight excluding hydrogens is 493 g/mol. The predicted molar refractivity (Wildman–Crippen MR) is 136 cm³/mol. The van der Waals surface area contributed by atoms with Crippen molar-refractivity contribution in [3.8, 4) is 11.5 Å². The lowest BCUT2D eigenvalue weighted by atomic mass is 10.1. The van der Waals surface area contributed by atoms with E-state index in [0.29, 0.717) is 32.0 Å². The summed E-state index contributed by atoms with van der Waals surface area (Å²) in [5, 5.41) is 0.713. The summed E-state index contributed by atoms with van der Waals surface area (Å²) in [6.45, 7) is 2.37. The Morgan fingerprint density at radius 3 is 2.56 bits per heavy atom. The van der Waals surface area contributed by atoms with E-state index in [1.807, 2.05) is 31.2 Å². The average molecular weight is 514 g/mol. The number of rotatable bonds is 7. The Labute approximate surface area is 212 Å². The minimum atomic E-state index is -0.342. The minimum Gasteiger partial charge on any atom is -0.493 e. The number of hydrogen-bond acceptors (Lipinski definition) is 5. The zero-order valence-electron chi connectivity index (χ0n) is 18.5. The summed E-state index contributed by atoms with van der Waals surface area (Å²) in [5.74, 6) is 0.602. The molecule has 2 amide bonds. The van der Waals surface area contributed by atoms with Crippen molar-refractivity contribution in [2.75, 3.05) is 7.11 Å². The first kappa shape index (κ1) is 24.2. The number of thioether (sulfide) groups is 1. The van der Waals surface area contributed by atoms with Gasteiger partial charge < -0.3 is 9.47 Å². The highest BCUT2D eigenvalue weighted by Crippen LogP contribution is 2.38. The molecular formula is C26H21Cl2NO4S. The van der Waals surface area contributed by atoms with E-state index in [1.165, 1.54) is 12.0 Å². The van der Waals surface area contributed by atoms with Crippen LogP contribution in [0.3, 0.4) is 0 Å². The number of ether oxygens (including phenoxy) is 2. The number of benzene rings is 3.